The Kier molecular flexibility index (Phi) is 6.70. The van der Waals surface area contributed by atoms with Crippen molar-refractivity contribution in [3.63, 3.8) is 0 Å². The summed E-state index contributed by atoms with van der Waals surface area (Å²) in [6.07, 6.45) is -0.633. The van der Waals surface area contributed by atoms with Crippen LogP contribution in [0.5, 0.6) is 5.75 Å². The number of anilines is 2. The average Bonchev–Trinajstić information content (AvgIpc) is 2.90. The molecule has 2 N–H and O–H groups in total. The fourth-order valence-corrected chi connectivity index (χ4v) is 4.43. The lowest BCUT2D eigenvalue weighted by molar-refractivity contribution is -0.120. The van der Waals surface area contributed by atoms with E-state index >= 15 is 0 Å². The van der Waals surface area contributed by atoms with E-state index in [4.69, 9.17) is 9.47 Å². The molecule has 0 spiro atoms. The zero-order chi connectivity index (χ0) is 24.5. The molecule has 0 radical (unpaired) electrons. The zero-order valence-corrected chi connectivity index (χ0v) is 21.2. The number of nitrogens with zero attached hydrogens (tertiary/aromatic N) is 1. The summed E-state index contributed by atoms with van der Waals surface area (Å²) in [5.41, 5.74) is 1.76. The molecular formula is C26H28BrN3O4. The molecule has 1 aliphatic heterocycles. The number of halogens is 1. The molecule has 0 aliphatic carbocycles. The molecule has 1 unspecified atom stereocenters. The maximum Gasteiger partial charge on any atom is 0.408 e. The van der Waals surface area contributed by atoms with Crippen LogP contribution in [0.4, 0.5) is 16.2 Å². The molecule has 7 nitrogen and oxygen atoms in total. The number of fused-ring (bicyclic) bond motifs is 2. The van der Waals surface area contributed by atoms with E-state index in [-0.39, 0.29) is 19.0 Å². The van der Waals surface area contributed by atoms with Gasteiger partial charge in [0.1, 0.15) is 17.4 Å². The normalized spacial score (nSPS) is 15.9. The molecule has 0 aromatic heterocycles. The van der Waals surface area contributed by atoms with Crippen LogP contribution in [0.3, 0.4) is 0 Å². The van der Waals surface area contributed by atoms with Gasteiger partial charge in [-0.1, -0.05) is 40.2 Å². The first-order valence-electron chi connectivity index (χ1n) is 11.1. The summed E-state index contributed by atoms with van der Waals surface area (Å²) in [5, 5.41) is 8.05. The van der Waals surface area contributed by atoms with E-state index in [2.05, 4.69) is 26.6 Å². The van der Waals surface area contributed by atoms with Crippen molar-refractivity contribution in [3.05, 3.63) is 64.6 Å². The topological polar surface area (TPSA) is 79.9 Å². The third-order valence-electron chi connectivity index (χ3n) is 5.53. The summed E-state index contributed by atoms with van der Waals surface area (Å²) < 4.78 is 12.0. The largest absolute Gasteiger partial charge is 0.496 e. The van der Waals surface area contributed by atoms with Crippen molar-refractivity contribution in [3.8, 4) is 5.75 Å². The maximum atomic E-state index is 13.8. The number of benzene rings is 3. The van der Waals surface area contributed by atoms with Gasteiger partial charge in [0, 0.05) is 16.6 Å². The molecule has 178 valence electrons. The number of nitrogens with one attached hydrogen (secondary N) is 2. The number of carbonyl (C=O) groups is 2. The van der Waals surface area contributed by atoms with Crippen LogP contribution >= 0.6 is 15.9 Å². The monoisotopic (exact) mass is 525 g/mol. The Hall–Kier alpha value is -3.26. The number of para-hydroxylation sites is 2. The van der Waals surface area contributed by atoms with Gasteiger partial charge in [-0.3, -0.25) is 4.79 Å². The van der Waals surface area contributed by atoms with E-state index in [0.717, 1.165) is 32.2 Å². The molecule has 1 heterocycles. The quantitative estimate of drug-likeness (QED) is 0.472. The van der Waals surface area contributed by atoms with Crippen LogP contribution in [0.25, 0.3) is 10.8 Å². The molecule has 1 atom stereocenters. The maximum absolute atomic E-state index is 13.8. The minimum atomic E-state index is -0.808. The Morgan fingerprint density at radius 3 is 2.68 bits per heavy atom. The molecule has 8 heteroatoms. The number of methoxy groups -OCH3 is 1. The molecule has 0 fully saturated rings. The smallest absolute Gasteiger partial charge is 0.408 e. The Morgan fingerprint density at radius 1 is 1.18 bits per heavy atom. The number of alkyl carbamates (subject to hydrolysis) is 1. The highest BCUT2D eigenvalue weighted by Crippen LogP contribution is 2.35. The van der Waals surface area contributed by atoms with Crippen molar-refractivity contribution in [2.75, 3.05) is 23.9 Å². The third-order valence-corrected chi connectivity index (χ3v) is 6.03. The first-order chi connectivity index (χ1) is 16.2. The lowest BCUT2D eigenvalue weighted by atomic mass is 10.0. The van der Waals surface area contributed by atoms with Crippen LogP contribution in [0.15, 0.2) is 59.1 Å². The van der Waals surface area contributed by atoms with Crippen molar-refractivity contribution in [1.82, 2.24) is 5.32 Å². The van der Waals surface area contributed by atoms with Crippen LogP contribution in [0.1, 0.15) is 26.3 Å². The fourth-order valence-electron chi connectivity index (χ4n) is 4.05. The summed E-state index contributed by atoms with van der Waals surface area (Å²) in [5.74, 6) is 0.452. The number of hydrogen-bond donors (Lipinski definition) is 2. The predicted octanol–water partition coefficient (Wildman–Crippen LogP) is 5.46. The highest BCUT2D eigenvalue weighted by Gasteiger charge is 2.33. The standard InChI is InChI=1S/C26H28BrN3O4/c1-26(2,3)34-25(32)29-21-14-28-20-7-5-6-8-22(20)30(24(21)31)15-19-18-11-10-17(27)13-16(18)9-12-23(19)33-4/h5-13,21,28H,14-15H2,1-4H3,(H,29,32). The van der Waals surface area contributed by atoms with Crippen LogP contribution in [0.2, 0.25) is 0 Å². The average molecular weight is 526 g/mol. The molecular weight excluding hydrogens is 498 g/mol. The molecule has 2 amide bonds. The van der Waals surface area contributed by atoms with E-state index in [1.165, 1.54) is 0 Å². The number of rotatable bonds is 4. The number of ether oxygens (including phenoxy) is 2. The summed E-state index contributed by atoms with van der Waals surface area (Å²) in [7, 11) is 1.62. The van der Waals surface area contributed by atoms with Crippen molar-refractivity contribution >= 4 is 50.1 Å². The Morgan fingerprint density at radius 2 is 1.94 bits per heavy atom. The molecule has 3 aromatic rings. The fraction of sp³-hybridized carbons (Fsp3) is 0.308. The lowest BCUT2D eigenvalue weighted by Gasteiger charge is -2.27. The minimum absolute atomic E-state index is 0.237. The van der Waals surface area contributed by atoms with Crippen molar-refractivity contribution in [1.29, 1.82) is 0 Å². The molecule has 4 rings (SSSR count). The molecule has 0 saturated carbocycles. The van der Waals surface area contributed by atoms with Gasteiger partial charge in [-0.25, -0.2) is 4.79 Å². The van der Waals surface area contributed by atoms with Crippen molar-refractivity contribution in [2.45, 2.75) is 39.0 Å². The number of hydrogen-bond acceptors (Lipinski definition) is 5. The van der Waals surface area contributed by atoms with Gasteiger partial charge < -0.3 is 25.0 Å². The molecule has 1 aliphatic rings. The molecule has 0 bridgehead atoms. The SMILES string of the molecule is COc1ccc2cc(Br)ccc2c1CN1C(=O)C(NC(=O)OC(C)(C)C)CNc2ccccc21. The molecule has 34 heavy (non-hydrogen) atoms. The van der Waals surface area contributed by atoms with Gasteiger partial charge in [-0.05, 0) is 61.9 Å². The summed E-state index contributed by atoms with van der Waals surface area (Å²) in [4.78, 5) is 27.9. The van der Waals surface area contributed by atoms with E-state index in [0.29, 0.717) is 5.75 Å². The third kappa shape index (κ3) is 5.12. The van der Waals surface area contributed by atoms with Crippen LogP contribution in [0, 0.1) is 0 Å². The van der Waals surface area contributed by atoms with Crippen LogP contribution < -0.4 is 20.3 Å². The highest BCUT2D eigenvalue weighted by atomic mass is 79.9. The lowest BCUT2D eigenvalue weighted by Crippen LogP contribution is -2.51. The second kappa shape index (κ2) is 9.54. The predicted molar refractivity (Wildman–Crippen MR) is 137 cm³/mol. The van der Waals surface area contributed by atoms with Gasteiger partial charge in [0.2, 0.25) is 0 Å². The molecule has 3 aromatic carbocycles. The zero-order valence-electron chi connectivity index (χ0n) is 19.6. The van der Waals surface area contributed by atoms with Crippen LogP contribution in [-0.4, -0.2) is 37.3 Å². The minimum Gasteiger partial charge on any atom is -0.496 e. The second-order valence-corrected chi connectivity index (χ2v) is 10.0. The Bertz CT molecular complexity index is 1240. The molecule has 0 saturated heterocycles. The van der Waals surface area contributed by atoms with Gasteiger partial charge >= 0.3 is 6.09 Å². The first-order valence-corrected chi connectivity index (χ1v) is 11.8. The summed E-state index contributed by atoms with van der Waals surface area (Å²) in [6, 6.07) is 16.7. The van der Waals surface area contributed by atoms with E-state index in [1.807, 2.05) is 54.6 Å². The summed E-state index contributed by atoms with van der Waals surface area (Å²) in [6.45, 7) is 5.87. The van der Waals surface area contributed by atoms with Gasteiger partial charge in [0.15, 0.2) is 0 Å². The highest BCUT2D eigenvalue weighted by molar-refractivity contribution is 9.10. The van der Waals surface area contributed by atoms with E-state index < -0.39 is 17.7 Å². The van der Waals surface area contributed by atoms with E-state index in [9.17, 15) is 9.59 Å². The summed E-state index contributed by atoms with van der Waals surface area (Å²) >= 11 is 3.53. The van der Waals surface area contributed by atoms with Crippen molar-refractivity contribution in [2.24, 2.45) is 0 Å². The Balaban J connectivity index is 1.74. The van der Waals surface area contributed by atoms with Gasteiger partial charge in [-0.15, -0.1) is 0 Å². The van der Waals surface area contributed by atoms with E-state index in [1.54, 1.807) is 32.8 Å². The number of carbonyl (C=O) groups excluding carboxylic acids is 2. The second-order valence-electron chi connectivity index (χ2n) is 9.13. The van der Waals surface area contributed by atoms with Crippen molar-refractivity contribution < 1.29 is 19.1 Å². The van der Waals surface area contributed by atoms with Gasteiger partial charge in [0.25, 0.3) is 5.91 Å². The number of amides is 2. The van der Waals surface area contributed by atoms with Crippen LogP contribution in [-0.2, 0) is 16.1 Å². The van der Waals surface area contributed by atoms with Gasteiger partial charge in [0.05, 0.1) is 25.0 Å². The Labute approximate surface area is 207 Å². The van der Waals surface area contributed by atoms with Gasteiger partial charge in [-0.2, -0.15) is 0 Å². The first kappa shape index (κ1) is 23.9.